The first-order chi connectivity index (χ1) is 8.53. The van der Waals surface area contributed by atoms with E-state index < -0.39 is 0 Å². The maximum Gasteiger partial charge on any atom is 0.227 e. The van der Waals surface area contributed by atoms with Gasteiger partial charge in [-0.2, -0.15) is 0 Å². The fraction of sp³-hybridized carbons (Fsp3) is 0.500. The average molecular weight is 247 g/mol. The fourth-order valence-electron chi connectivity index (χ4n) is 2.56. The maximum atomic E-state index is 11.8. The molecule has 1 unspecified atom stereocenters. The number of nitrogens with zero attached hydrogens (tertiary/aromatic N) is 1. The lowest BCUT2D eigenvalue weighted by molar-refractivity contribution is -0.129. The van der Waals surface area contributed by atoms with E-state index in [0.717, 1.165) is 31.7 Å². The summed E-state index contributed by atoms with van der Waals surface area (Å²) in [5, 5.41) is 2.76. The van der Waals surface area contributed by atoms with E-state index in [1.54, 1.807) is 7.05 Å². The van der Waals surface area contributed by atoms with Crippen LogP contribution in [-0.2, 0) is 11.3 Å². The number of carbonyl (C=O) groups excluding carboxylic acids is 1. The number of likely N-dealkylation sites (tertiary alicyclic amines) is 1. The molecule has 4 heteroatoms. The maximum absolute atomic E-state index is 11.8. The van der Waals surface area contributed by atoms with Gasteiger partial charge in [0.15, 0.2) is 0 Å². The molecule has 0 aliphatic carbocycles. The lowest BCUT2D eigenvalue weighted by Crippen LogP contribution is -2.39. The van der Waals surface area contributed by atoms with Crippen molar-refractivity contribution in [2.45, 2.75) is 19.9 Å². The molecule has 1 aromatic carbocycles. The predicted octanol–water partition coefficient (Wildman–Crippen LogP) is 1.23. The second kappa shape index (κ2) is 4.98. The van der Waals surface area contributed by atoms with E-state index in [2.05, 4.69) is 10.2 Å². The first kappa shape index (κ1) is 12.9. The molecule has 1 aliphatic rings. The summed E-state index contributed by atoms with van der Waals surface area (Å²) < 4.78 is 0. The molecule has 0 aromatic heterocycles. The first-order valence-electron chi connectivity index (χ1n) is 6.32. The summed E-state index contributed by atoms with van der Waals surface area (Å²) in [6, 6.07) is 7.93. The molecule has 1 heterocycles. The molecule has 1 aromatic rings. The molecule has 18 heavy (non-hydrogen) atoms. The Bertz CT molecular complexity index is 429. The molecule has 0 saturated carbocycles. The van der Waals surface area contributed by atoms with E-state index in [1.807, 2.05) is 31.2 Å². The number of nitrogens with one attached hydrogen (secondary N) is 1. The molecule has 1 aliphatic heterocycles. The molecule has 2 rings (SSSR count). The number of amides is 1. The predicted molar refractivity (Wildman–Crippen MR) is 72.9 cm³/mol. The highest BCUT2D eigenvalue weighted by Gasteiger charge is 2.39. The third-order valence-corrected chi connectivity index (χ3v) is 3.71. The largest absolute Gasteiger partial charge is 0.399 e. The summed E-state index contributed by atoms with van der Waals surface area (Å²) in [5.41, 5.74) is 7.45. The molecule has 1 fully saturated rings. The summed E-state index contributed by atoms with van der Waals surface area (Å²) in [7, 11) is 1.70. The summed E-state index contributed by atoms with van der Waals surface area (Å²) >= 11 is 0. The van der Waals surface area contributed by atoms with E-state index in [9.17, 15) is 4.79 Å². The number of anilines is 1. The van der Waals surface area contributed by atoms with Crippen LogP contribution in [0.3, 0.4) is 0 Å². The van der Waals surface area contributed by atoms with Gasteiger partial charge >= 0.3 is 0 Å². The number of carbonyl (C=O) groups is 1. The lowest BCUT2D eigenvalue weighted by atomic mass is 9.89. The van der Waals surface area contributed by atoms with E-state index in [4.69, 9.17) is 5.73 Å². The van der Waals surface area contributed by atoms with Crippen LogP contribution in [0.15, 0.2) is 24.3 Å². The van der Waals surface area contributed by atoms with Gasteiger partial charge in [-0.15, -0.1) is 0 Å². The topological polar surface area (TPSA) is 58.4 Å². The van der Waals surface area contributed by atoms with Gasteiger partial charge < -0.3 is 11.1 Å². The van der Waals surface area contributed by atoms with Gasteiger partial charge in [-0.3, -0.25) is 9.69 Å². The van der Waals surface area contributed by atoms with Crippen LogP contribution >= 0.6 is 0 Å². The molecule has 98 valence electrons. The summed E-state index contributed by atoms with van der Waals surface area (Å²) in [5.74, 6) is 0.141. The molecule has 0 spiro atoms. The minimum absolute atomic E-state index is 0.141. The van der Waals surface area contributed by atoms with Gasteiger partial charge in [-0.25, -0.2) is 0 Å². The molecular formula is C14H21N3O. The second-order valence-electron chi connectivity index (χ2n) is 5.34. The zero-order valence-electron chi connectivity index (χ0n) is 11.1. The molecule has 1 amide bonds. The Morgan fingerprint density at radius 2 is 2.11 bits per heavy atom. The Morgan fingerprint density at radius 1 is 1.44 bits per heavy atom. The smallest absolute Gasteiger partial charge is 0.227 e. The Kier molecular flexibility index (Phi) is 3.57. The number of hydrogen-bond donors (Lipinski definition) is 2. The van der Waals surface area contributed by atoms with Gasteiger partial charge in [0.2, 0.25) is 5.91 Å². The highest BCUT2D eigenvalue weighted by Crippen LogP contribution is 2.30. The van der Waals surface area contributed by atoms with Crippen LogP contribution < -0.4 is 11.1 Å². The summed E-state index contributed by atoms with van der Waals surface area (Å²) in [6.45, 7) is 4.70. The third-order valence-electron chi connectivity index (χ3n) is 3.71. The lowest BCUT2D eigenvalue weighted by Gasteiger charge is -2.22. The zero-order valence-corrected chi connectivity index (χ0v) is 11.1. The van der Waals surface area contributed by atoms with Crippen molar-refractivity contribution in [2.24, 2.45) is 5.41 Å². The highest BCUT2D eigenvalue weighted by atomic mass is 16.2. The van der Waals surface area contributed by atoms with Gasteiger partial charge in [0.1, 0.15) is 0 Å². The van der Waals surface area contributed by atoms with Gasteiger partial charge in [-0.1, -0.05) is 12.1 Å². The number of rotatable bonds is 3. The molecule has 1 atom stereocenters. The minimum Gasteiger partial charge on any atom is -0.399 e. The Labute approximate surface area is 108 Å². The van der Waals surface area contributed by atoms with Crippen LogP contribution in [0.1, 0.15) is 18.9 Å². The second-order valence-corrected chi connectivity index (χ2v) is 5.34. The standard InChI is InChI=1S/C14H21N3O/c1-14(13(18)16-2)7-8-17(10-14)9-11-3-5-12(15)6-4-11/h3-6H,7-10,15H2,1-2H3,(H,16,18). The number of nitrogens with two attached hydrogens (primary N) is 1. The Hall–Kier alpha value is -1.55. The van der Waals surface area contributed by atoms with Crippen LogP contribution in [0.25, 0.3) is 0 Å². The van der Waals surface area contributed by atoms with E-state index in [0.29, 0.717) is 0 Å². The van der Waals surface area contributed by atoms with Crippen molar-refractivity contribution in [3.63, 3.8) is 0 Å². The third kappa shape index (κ3) is 2.64. The zero-order chi connectivity index (χ0) is 13.2. The summed E-state index contributed by atoms with van der Waals surface area (Å²) in [4.78, 5) is 14.1. The van der Waals surface area contributed by atoms with Gasteiger partial charge in [-0.05, 0) is 37.6 Å². The van der Waals surface area contributed by atoms with Crippen molar-refractivity contribution >= 4 is 11.6 Å². The number of nitrogen functional groups attached to an aromatic ring is 1. The van der Waals surface area contributed by atoms with Crippen LogP contribution in [0.4, 0.5) is 5.69 Å². The SMILES string of the molecule is CNC(=O)C1(C)CCN(Cc2ccc(N)cc2)C1. The molecule has 0 bridgehead atoms. The molecule has 0 radical (unpaired) electrons. The van der Waals surface area contributed by atoms with Crippen molar-refractivity contribution in [3.05, 3.63) is 29.8 Å². The normalized spacial score (nSPS) is 24.1. The van der Waals surface area contributed by atoms with Gasteiger partial charge in [0, 0.05) is 25.8 Å². The fourth-order valence-corrected chi connectivity index (χ4v) is 2.56. The van der Waals surface area contributed by atoms with Crippen molar-refractivity contribution in [1.29, 1.82) is 0 Å². The minimum atomic E-state index is -0.247. The summed E-state index contributed by atoms with van der Waals surface area (Å²) in [6.07, 6.45) is 0.918. The molecule has 4 nitrogen and oxygen atoms in total. The van der Waals surface area contributed by atoms with Crippen molar-refractivity contribution in [2.75, 3.05) is 25.9 Å². The first-order valence-corrected chi connectivity index (χ1v) is 6.32. The van der Waals surface area contributed by atoms with Crippen molar-refractivity contribution in [3.8, 4) is 0 Å². The van der Waals surface area contributed by atoms with Crippen LogP contribution in [-0.4, -0.2) is 30.9 Å². The van der Waals surface area contributed by atoms with Crippen molar-refractivity contribution < 1.29 is 4.79 Å². The Morgan fingerprint density at radius 3 is 2.72 bits per heavy atom. The number of hydrogen-bond acceptors (Lipinski definition) is 3. The van der Waals surface area contributed by atoms with E-state index in [1.165, 1.54) is 5.56 Å². The van der Waals surface area contributed by atoms with Gasteiger partial charge in [0.05, 0.1) is 5.41 Å². The van der Waals surface area contributed by atoms with Crippen LogP contribution in [0, 0.1) is 5.41 Å². The average Bonchev–Trinajstić information content (AvgIpc) is 2.74. The molecule has 1 saturated heterocycles. The van der Waals surface area contributed by atoms with Crippen LogP contribution in [0.2, 0.25) is 0 Å². The van der Waals surface area contributed by atoms with E-state index >= 15 is 0 Å². The van der Waals surface area contributed by atoms with Gasteiger partial charge in [0.25, 0.3) is 0 Å². The highest BCUT2D eigenvalue weighted by molar-refractivity contribution is 5.82. The quantitative estimate of drug-likeness (QED) is 0.790. The number of benzene rings is 1. The molecular weight excluding hydrogens is 226 g/mol. The molecule has 3 N–H and O–H groups in total. The monoisotopic (exact) mass is 247 g/mol. The van der Waals surface area contributed by atoms with E-state index in [-0.39, 0.29) is 11.3 Å². The Balaban J connectivity index is 1.97. The van der Waals surface area contributed by atoms with Crippen molar-refractivity contribution in [1.82, 2.24) is 10.2 Å². The van der Waals surface area contributed by atoms with Crippen LogP contribution in [0.5, 0.6) is 0 Å².